The minimum atomic E-state index is -1.01. The molecule has 0 aliphatic carbocycles. The van der Waals surface area contributed by atoms with Crippen LogP contribution in [0.25, 0.3) is 28.2 Å². The van der Waals surface area contributed by atoms with E-state index in [1.807, 2.05) is 26.0 Å². The molecule has 2 N–H and O–H groups in total. The van der Waals surface area contributed by atoms with E-state index in [2.05, 4.69) is 9.55 Å². The van der Waals surface area contributed by atoms with Crippen LogP contribution in [0.4, 0.5) is 4.39 Å². The predicted octanol–water partition coefficient (Wildman–Crippen LogP) is 4.50. The summed E-state index contributed by atoms with van der Waals surface area (Å²) in [4.78, 5) is 16.1. The number of carbonyl (C=O) groups excluding carboxylic acids is 1. The molecule has 32 heavy (non-hydrogen) atoms. The fourth-order valence-electron chi connectivity index (χ4n) is 3.82. The van der Waals surface area contributed by atoms with Gasteiger partial charge in [-0.05, 0) is 56.7 Å². The highest BCUT2D eigenvalue weighted by atomic mass is 19.1. The van der Waals surface area contributed by atoms with Crippen LogP contribution < -0.4 is 0 Å². The maximum Gasteiger partial charge on any atom is 0.308 e. The van der Waals surface area contributed by atoms with Gasteiger partial charge in [-0.15, -0.1) is 0 Å². The lowest BCUT2D eigenvalue weighted by atomic mass is 10.0. The van der Waals surface area contributed by atoms with Crippen molar-refractivity contribution in [3.05, 3.63) is 60.2 Å². The SMILES string of the molecule is CCOC(=O)CC(O)CC(O)C=Cc1c(-c2ccc(F)cc2)c2cccnc2n1C(C)C. The first-order valence-corrected chi connectivity index (χ1v) is 10.8. The second kappa shape index (κ2) is 10.5. The monoisotopic (exact) mass is 440 g/mol. The summed E-state index contributed by atoms with van der Waals surface area (Å²) in [6, 6.07) is 10.2. The molecule has 2 aromatic heterocycles. The molecule has 6 nitrogen and oxygen atoms in total. The minimum absolute atomic E-state index is 0.00134. The van der Waals surface area contributed by atoms with E-state index in [9.17, 15) is 19.4 Å². The molecule has 1 aromatic carbocycles. The molecule has 0 saturated heterocycles. The minimum Gasteiger partial charge on any atom is -0.466 e. The van der Waals surface area contributed by atoms with Crippen molar-refractivity contribution in [3.63, 3.8) is 0 Å². The number of aliphatic hydroxyl groups is 2. The Morgan fingerprint density at radius 3 is 2.59 bits per heavy atom. The van der Waals surface area contributed by atoms with Crippen LogP contribution in [0.5, 0.6) is 0 Å². The van der Waals surface area contributed by atoms with Gasteiger partial charge in [-0.1, -0.05) is 18.2 Å². The van der Waals surface area contributed by atoms with Gasteiger partial charge in [0, 0.05) is 29.6 Å². The fraction of sp³-hybridized carbons (Fsp3) is 0.360. The van der Waals surface area contributed by atoms with Crippen LogP contribution in [-0.2, 0) is 9.53 Å². The first kappa shape index (κ1) is 23.6. The molecule has 2 heterocycles. The first-order valence-electron chi connectivity index (χ1n) is 10.8. The van der Waals surface area contributed by atoms with E-state index >= 15 is 0 Å². The summed E-state index contributed by atoms with van der Waals surface area (Å²) in [6.07, 6.45) is 2.97. The van der Waals surface area contributed by atoms with Crippen LogP contribution >= 0.6 is 0 Å². The average molecular weight is 441 g/mol. The first-order chi connectivity index (χ1) is 15.3. The van der Waals surface area contributed by atoms with Crippen molar-refractivity contribution < 1.29 is 24.1 Å². The van der Waals surface area contributed by atoms with Gasteiger partial charge in [0.2, 0.25) is 0 Å². The number of hydrogen-bond donors (Lipinski definition) is 2. The van der Waals surface area contributed by atoms with Crippen LogP contribution in [0.15, 0.2) is 48.7 Å². The number of rotatable bonds is 9. The molecule has 0 aliphatic heterocycles. The van der Waals surface area contributed by atoms with E-state index in [0.717, 1.165) is 27.9 Å². The van der Waals surface area contributed by atoms with Crippen molar-refractivity contribution in [2.45, 2.75) is 51.9 Å². The molecule has 2 unspecified atom stereocenters. The molecule has 170 valence electrons. The molecule has 0 aliphatic rings. The lowest BCUT2D eigenvalue weighted by Gasteiger charge is -2.15. The second-order valence-electron chi connectivity index (χ2n) is 7.93. The molecular weight excluding hydrogens is 411 g/mol. The van der Waals surface area contributed by atoms with Crippen LogP contribution in [0.2, 0.25) is 0 Å². The molecule has 0 amide bonds. The normalized spacial score (nSPS) is 13.7. The highest BCUT2D eigenvalue weighted by Crippen LogP contribution is 2.37. The number of benzene rings is 1. The number of ether oxygens (including phenoxy) is 1. The zero-order chi connectivity index (χ0) is 23.3. The zero-order valence-electron chi connectivity index (χ0n) is 18.5. The van der Waals surface area contributed by atoms with Crippen LogP contribution in [0.3, 0.4) is 0 Å². The number of carbonyl (C=O) groups is 1. The standard InChI is InChI=1S/C25H29FN2O4/c1-4-32-23(31)15-20(30)14-19(29)11-12-22-24(17-7-9-18(26)10-8-17)21-6-5-13-27-25(21)28(22)16(2)3/h5-13,16,19-20,29-30H,4,14-15H2,1-3H3. The quantitative estimate of drug-likeness (QED) is 0.479. The molecule has 2 atom stereocenters. The van der Waals surface area contributed by atoms with E-state index in [0.29, 0.717) is 0 Å². The Hall–Kier alpha value is -3.03. The smallest absolute Gasteiger partial charge is 0.308 e. The Kier molecular flexibility index (Phi) is 7.77. The van der Waals surface area contributed by atoms with Gasteiger partial charge in [-0.3, -0.25) is 4.79 Å². The Labute approximate surface area is 187 Å². The summed E-state index contributed by atoms with van der Waals surface area (Å²) in [7, 11) is 0. The summed E-state index contributed by atoms with van der Waals surface area (Å²) in [5.74, 6) is -0.816. The Balaban J connectivity index is 1.97. The molecule has 3 aromatic rings. The van der Waals surface area contributed by atoms with E-state index in [-0.39, 0.29) is 31.3 Å². The second-order valence-corrected chi connectivity index (χ2v) is 7.93. The number of nitrogens with zero attached hydrogens (tertiary/aromatic N) is 2. The van der Waals surface area contributed by atoms with Gasteiger partial charge in [0.05, 0.1) is 30.9 Å². The lowest BCUT2D eigenvalue weighted by molar-refractivity contribution is -0.145. The van der Waals surface area contributed by atoms with Crippen molar-refractivity contribution in [3.8, 4) is 11.1 Å². The number of fused-ring (bicyclic) bond motifs is 1. The zero-order valence-corrected chi connectivity index (χ0v) is 18.5. The number of aliphatic hydroxyl groups excluding tert-OH is 2. The van der Waals surface area contributed by atoms with E-state index < -0.39 is 18.2 Å². The van der Waals surface area contributed by atoms with Gasteiger partial charge in [0.25, 0.3) is 0 Å². The third-order valence-corrected chi connectivity index (χ3v) is 5.15. The summed E-state index contributed by atoms with van der Waals surface area (Å²) in [5.41, 5.74) is 3.33. The molecule has 7 heteroatoms. The summed E-state index contributed by atoms with van der Waals surface area (Å²) in [6.45, 7) is 6.02. The van der Waals surface area contributed by atoms with Crippen molar-refractivity contribution in [1.29, 1.82) is 0 Å². The summed E-state index contributed by atoms with van der Waals surface area (Å²) in [5, 5.41) is 21.5. The van der Waals surface area contributed by atoms with Gasteiger partial charge in [-0.25, -0.2) is 9.37 Å². The average Bonchev–Trinajstić information content (AvgIpc) is 3.07. The number of esters is 1. The van der Waals surface area contributed by atoms with Crippen molar-refractivity contribution in [1.82, 2.24) is 9.55 Å². The summed E-state index contributed by atoms with van der Waals surface area (Å²) >= 11 is 0. The van der Waals surface area contributed by atoms with Crippen LogP contribution in [-0.4, -0.2) is 44.5 Å². The highest BCUT2D eigenvalue weighted by molar-refractivity contribution is 5.99. The largest absolute Gasteiger partial charge is 0.466 e. The van der Waals surface area contributed by atoms with Gasteiger partial charge >= 0.3 is 5.97 Å². The molecule has 0 spiro atoms. The molecule has 0 saturated carbocycles. The fourth-order valence-corrected chi connectivity index (χ4v) is 3.82. The number of hydrogen-bond acceptors (Lipinski definition) is 5. The molecule has 0 bridgehead atoms. The van der Waals surface area contributed by atoms with Crippen LogP contribution in [0, 0.1) is 5.82 Å². The predicted molar refractivity (Wildman–Crippen MR) is 122 cm³/mol. The third-order valence-electron chi connectivity index (χ3n) is 5.15. The van der Waals surface area contributed by atoms with Gasteiger partial charge in [0.1, 0.15) is 11.5 Å². The molecule has 0 fully saturated rings. The van der Waals surface area contributed by atoms with E-state index in [4.69, 9.17) is 4.74 Å². The number of halogens is 1. The Bertz CT molecular complexity index is 1090. The van der Waals surface area contributed by atoms with Crippen LogP contribution in [0.1, 0.15) is 45.3 Å². The molecule has 0 radical (unpaired) electrons. The van der Waals surface area contributed by atoms with Gasteiger partial charge in [-0.2, -0.15) is 0 Å². The van der Waals surface area contributed by atoms with Crippen molar-refractivity contribution >= 4 is 23.1 Å². The molecule has 3 rings (SSSR count). The van der Waals surface area contributed by atoms with Gasteiger partial charge in [0.15, 0.2) is 0 Å². The Morgan fingerprint density at radius 1 is 1.22 bits per heavy atom. The van der Waals surface area contributed by atoms with Crippen molar-refractivity contribution in [2.75, 3.05) is 6.61 Å². The van der Waals surface area contributed by atoms with Gasteiger partial charge < -0.3 is 19.5 Å². The van der Waals surface area contributed by atoms with E-state index in [1.54, 1.807) is 37.4 Å². The summed E-state index contributed by atoms with van der Waals surface area (Å²) < 4.78 is 20.4. The number of aromatic nitrogens is 2. The number of pyridine rings is 1. The lowest BCUT2D eigenvalue weighted by Crippen LogP contribution is -2.20. The van der Waals surface area contributed by atoms with Crippen molar-refractivity contribution in [2.24, 2.45) is 0 Å². The highest BCUT2D eigenvalue weighted by Gasteiger charge is 2.20. The third kappa shape index (κ3) is 5.41. The molecular formula is C25H29FN2O4. The maximum atomic E-state index is 13.5. The maximum absolute atomic E-state index is 13.5. The Morgan fingerprint density at radius 2 is 1.94 bits per heavy atom. The topological polar surface area (TPSA) is 84.6 Å². The van der Waals surface area contributed by atoms with E-state index in [1.165, 1.54) is 12.1 Å².